The number of aryl methyl sites for hydroxylation is 1. The summed E-state index contributed by atoms with van der Waals surface area (Å²) in [6.45, 7) is 0. The van der Waals surface area contributed by atoms with Crippen molar-refractivity contribution in [3.63, 3.8) is 0 Å². The number of aliphatic imine (C=N–C) groups is 2. The van der Waals surface area contributed by atoms with Crippen molar-refractivity contribution in [3.8, 4) is 11.1 Å². The van der Waals surface area contributed by atoms with Gasteiger partial charge in [0.2, 0.25) is 0 Å². The first-order valence-electron chi connectivity index (χ1n) is 9.70. The minimum atomic E-state index is -0.389. The normalized spacial score (nSPS) is 15.5. The Hall–Kier alpha value is -3.64. The zero-order valence-electron chi connectivity index (χ0n) is 16.6. The highest BCUT2D eigenvalue weighted by atomic mass is 35.5. The zero-order chi connectivity index (χ0) is 21.4. The maximum atomic E-state index is 14.7. The molecule has 0 unspecified atom stereocenters. The monoisotopic (exact) mass is 429 g/mol. The molecule has 0 aliphatic carbocycles. The zero-order valence-corrected chi connectivity index (χ0v) is 17.4. The lowest BCUT2D eigenvalue weighted by Gasteiger charge is -2.10. The summed E-state index contributed by atoms with van der Waals surface area (Å²) in [6.07, 6.45) is 15.3. The van der Waals surface area contributed by atoms with Crippen LogP contribution in [-0.4, -0.2) is 26.8 Å². The molecule has 0 radical (unpaired) electrons. The standard InChI is InChI=1S/C24H17ClFN5/c1-31-14-18(13-29-31)16-7-17(12-27-11-16)20-10-23(21-9-19(25)4-5-22(21)26)30-24-8-15(20)3-2-6-28-24/h2-7,9-14H,8H2,1H3. The molecule has 0 saturated carbocycles. The van der Waals surface area contributed by atoms with Crippen molar-refractivity contribution in [2.75, 3.05) is 0 Å². The fourth-order valence-corrected chi connectivity index (χ4v) is 3.81. The van der Waals surface area contributed by atoms with Gasteiger partial charge < -0.3 is 0 Å². The third kappa shape index (κ3) is 3.90. The molecule has 0 N–H and O–H groups in total. The molecule has 0 amide bonds. The first kappa shape index (κ1) is 19.3. The summed E-state index contributed by atoms with van der Waals surface area (Å²) >= 11 is 6.15. The molecule has 0 saturated heterocycles. The number of nitrogens with zero attached hydrogens (tertiary/aromatic N) is 5. The minimum Gasteiger partial charge on any atom is -0.275 e. The molecule has 0 fully saturated rings. The van der Waals surface area contributed by atoms with Crippen LogP contribution in [0.1, 0.15) is 17.5 Å². The van der Waals surface area contributed by atoms with Crippen LogP contribution >= 0.6 is 11.6 Å². The molecule has 5 rings (SSSR count). The van der Waals surface area contributed by atoms with Crippen LogP contribution in [0.5, 0.6) is 0 Å². The molecule has 31 heavy (non-hydrogen) atoms. The lowest BCUT2D eigenvalue weighted by molar-refractivity contribution is 0.624. The van der Waals surface area contributed by atoms with E-state index in [2.05, 4.69) is 26.1 Å². The lowest BCUT2D eigenvalue weighted by Crippen LogP contribution is -1.95. The quantitative estimate of drug-likeness (QED) is 0.551. The Bertz CT molecular complexity index is 1340. The van der Waals surface area contributed by atoms with E-state index in [9.17, 15) is 4.39 Å². The number of aromatic nitrogens is 3. The Kier molecular flexibility index (Phi) is 4.92. The SMILES string of the molecule is Cn1cc(-c2cncc(C3=C4C=CC=NC(=NC(c5cc(Cl)ccc5F)=C3)C4)c2)cn1. The van der Waals surface area contributed by atoms with E-state index in [1.807, 2.05) is 31.5 Å². The van der Waals surface area contributed by atoms with E-state index in [4.69, 9.17) is 11.6 Å². The Labute approximate surface area is 183 Å². The van der Waals surface area contributed by atoms with E-state index >= 15 is 0 Å². The van der Waals surface area contributed by atoms with Crippen molar-refractivity contribution in [1.29, 1.82) is 0 Å². The van der Waals surface area contributed by atoms with Gasteiger partial charge in [0.15, 0.2) is 0 Å². The van der Waals surface area contributed by atoms with Gasteiger partial charge in [-0.25, -0.2) is 14.4 Å². The van der Waals surface area contributed by atoms with Gasteiger partial charge in [-0.1, -0.05) is 17.7 Å². The largest absolute Gasteiger partial charge is 0.275 e. The number of hydrogen-bond donors (Lipinski definition) is 0. The fourth-order valence-electron chi connectivity index (χ4n) is 3.63. The molecular weight excluding hydrogens is 413 g/mol. The predicted molar refractivity (Wildman–Crippen MR) is 122 cm³/mol. The van der Waals surface area contributed by atoms with Gasteiger partial charge in [0, 0.05) is 65.6 Å². The number of fused-ring (bicyclic) bond motifs is 2. The predicted octanol–water partition coefficient (Wildman–Crippen LogP) is 5.51. The molecule has 2 aliphatic heterocycles. The molecule has 7 heteroatoms. The summed E-state index contributed by atoms with van der Waals surface area (Å²) in [5.41, 5.74) is 5.56. The molecule has 4 heterocycles. The highest BCUT2D eigenvalue weighted by molar-refractivity contribution is 6.30. The average Bonchev–Trinajstić information content (AvgIpc) is 2.97. The van der Waals surface area contributed by atoms with Crippen LogP contribution in [0.3, 0.4) is 0 Å². The van der Waals surface area contributed by atoms with Crippen molar-refractivity contribution < 1.29 is 4.39 Å². The maximum absolute atomic E-state index is 14.7. The molecule has 2 bridgehead atoms. The Morgan fingerprint density at radius 3 is 2.77 bits per heavy atom. The fraction of sp³-hybridized carbons (Fsp3) is 0.0833. The van der Waals surface area contributed by atoms with Gasteiger partial charge in [0.25, 0.3) is 0 Å². The van der Waals surface area contributed by atoms with Gasteiger partial charge in [0.05, 0.1) is 11.9 Å². The average molecular weight is 430 g/mol. The third-order valence-corrected chi connectivity index (χ3v) is 5.36. The lowest BCUT2D eigenvalue weighted by atomic mass is 9.95. The minimum absolute atomic E-state index is 0.333. The second-order valence-electron chi connectivity index (χ2n) is 7.30. The summed E-state index contributed by atoms with van der Waals surface area (Å²) < 4.78 is 16.4. The number of hydrogen-bond acceptors (Lipinski definition) is 4. The molecule has 2 aliphatic rings. The first-order chi connectivity index (χ1) is 15.1. The van der Waals surface area contributed by atoms with Gasteiger partial charge in [-0.2, -0.15) is 5.10 Å². The van der Waals surface area contributed by atoms with Crippen LogP contribution < -0.4 is 0 Å². The van der Waals surface area contributed by atoms with Crippen molar-refractivity contribution in [2.24, 2.45) is 17.0 Å². The van der Waals surface area contributed by atoms with E-state index in [0.29, 0.717) is 28.5 Å². The van der Waals surface area contributed by atoms with Gasteiger partial charge >= 0.3 is 0 Å². The highest BCUT2D eigenvalue weighted by Crippen LogP contribution is 2.35. The number of amidine groups is 1. The molecular formula is C24H17ClFN5. The summed E-state index contributed by atoms with van der Waals surface area (Å²) in [5, 5.41) is 4.69. The summed E-state index contributed by atoms with van der Waals surface area (Å²) in [5.74, 6) is 0.220. The summed E-state index contributed by atoms with van der Waals surface area (Å²) in [6, 6.07) is 6.51. The van der Waals surface area contributed by atoms with Crippen LogP contribution in [0, 0.1) is 5.82 Å². The Balaban J connectivity index is 1.69. The van der Waals surface area contributed by atoms with Crippen molar-refractivity contribution in [1.82, 2.24) is 14.8 Å². The van der Waals surface area contributed by atoms with Gasteiger partial charge in [-0.15, -0.1) is 0 Å². The third-order valence-electron chi connectivity index (χ3n) is 5.12. The maximum Gasteiger partial charge on any atom is 0.133 e. The van der Waals surface area contributed by atoms with E-state index in [1.165, 1.54) is 12.1 Å². The number of pyridine rings is 1. The Morgan fingerprint density at radius 2 is 1.94 bits per heavy atom. The van der Waals surface area contributed by atoms with Gasteiger partial charge in [-0.05, 0) is 47.6 Å². The molecule has 152 valence electrons. The molecule has 1 aromatic carbocycles. The van der Waals surface area contributed by atoms with Gasteiger partial charge in [-0.3, -0.25) is 9.67 Å². The van der Waals surface area contributed by atoms with E-state index in [0.717, 1.165) is 27.8 Å². The summed E-state index contributed by atoms with van der Waals surface area (Å²) in [7, 11) is 1.88. The molecule has 0 spiro atoms. The van der Waals surface area contributed by atoms with Crippen LogP contribution in [-0.2, 0) is 7.05 Å². The van der Waals surface area contributed by atoms with Crippen molar-refractivity contribution in [2.45, 2.75) is 6.42 Å². The van der Waals surface area contributed by atoms with E-state index < -0.39 is 0 Å². The topological polar surface area (TPSA) is 55.4 Å². The molecule has 5 nitrogen and oxygen atoms in total. The molecule has 3 aromatic rings. The van der Waals surface area contributed by atoms with Gasteiger partial charge in [0.1, 0.15) is 11.7 Å². The number of benzene rings is 1. The number of halogens is 2. The van der Waals surface area contributed by atoms with Crippen LogP contribution in [0.15, 0.2) is 82.8 Å². The molecule has 2 aromatic heterocycles. The van der Waals surface area contributed by atoms with Crippen LogP contribution in [0.25, 0.3) is 22.4 Å². The van der Waals surface area contributed by atoms with Crippen LogP contribution in [0.4, 0.5) is 4.39 Å². The number of allylic oxidation sites excluding steroid dienone is 4. The first-order valence-corrected chi connectivity index (χ1v) is 10.1. The second kappa shape index (κ2) is 7.89. The molecule has 0 atom stereocenters. The van der Waals surface area contributed by atoms with E-state index in [1.54, 1.807) is 35.6 Å². The van der Waals surface area contributed by atoms with Crippen molar-refractivity contribution in [3.05, 3.63) is 94.8 Å². The van der Waals surface area contributed by atoms with E-state index in [-0.39, 0.29) is 5.82 Å². The number of rotatable bonds is 3. The van der Waals surface area contributed by atoms with Crippen molar-refractivity contribution >= 4 is 34.9 Å². The second-order valence-corrected chi connectivity index (χ2v) is 7.74. The smallest absolute Gasteiger partial charge is 0.133 e. The Morgan fingerprint density at radius 1 is 1.06 bits per heavy atom. The highest BCUT2D eigenvalue weighted by Gasteiger charge is 2.19. The van der Waals surface area contributed by atoms with Crippen LogP contribution in [0.2, 0.25) is 5.02 Å². The summed E-state index contributed by atoms with van der Waals surface area (Å²) in [4.78, 5) is 13.5.